The van der Waals surface area contributed by atoms with E-state index in [9.17, 15) is 0 Å². The van der Waals surface area contributed by atoms with Gasteiger partial charge in [-0.15, -0.1) is 5.10 Å². The highest BCUT2D eigenvalue weighted by atomic mass is 15.3. The predicted molar refractivity (Wildman–Crippen MR) is 68.5 cm³/mol. The lowest BCUT2D eigenvalue weighted by Crippen LogP contribution is -2.21. The van der Waals surface area contributed by atoms with E-state index in [-0.39, 0.29) is 5.96 Å². The first-order valence-electron chi connectivity index (χ1n) is 5.43. The fourth-order valence-corrected chi connectivity index (χ4v) is 1.31. The van der Waals surface area contributed by atoms with E-state index in [1.807, 2.05) is 12.1 Å². The zero-order valence-electron chi connectivity index (χ0n) is 9.56. The maximum absolute atomic E-state index is 5.15. The van der Waals surface area contributed by atoms with Crippen molar-refractivity contribution in [2.24, 2.45) is 21.7 Å². The molecule has 4 N–H and O–H groups in total. The molecular formula is C12H18N4. The van der Waals surface area contributed by atoms with Gasteiger partial charge in [0.1, 0.15) is 0 Å². The van der Waals surface area contributed by atoms with Crippen molar-refractivity contribution in [2.75, 3.05) is 0 Å². The fourth-order valence-electron chi connectivity index (χ4n) is 1.31. The van der Waals surface area contributed by atoms with E-state index in [0.717, 1.165) is 12.0 Å². The molecule has 0 radical (unpaired) electrons. The topological polar surface area (TPSA) is 76.8 Å². The van der Waals surface area contributed by atoms with Crippen LogP contribution in [0.4, 0.5) is 0 Å². The molecule has 0 spiro atoms. The first-order valence-corrected chi connectivity index (χ1v) is 5.43. The maximum atomic E-state index is 5.15. The van der Waals surface area contributed by atoms with Crippen molar-refractivity contribution in [2.45, 2.75) is 26.2 Å². The molecule has 0 saturated carbocycles. The number of nitrogens with zero attached hydrogens (tertiary/aromatic N) is 2. The van der Waals surface area contributed by atoms with Crippen molar-refractivity contribution in [3.8, 4) is 0 Å². The highest BCUT2D eigenvalue weighted by molar-refractivity contribution is 5.81. The Balaban J connectivity index is 2.57. The Morgan fingerprint density at radius 1 is 1.25 bits per heavy atom. The normalized spacial score (nSPS) is 10.6. The minimum Gasteiger partial charge on any atom is -0.369 e. The predicted octanol–water partition coefficient (Wildman–Crippen LogP) is 1.64. The van der Waals surface area contributed by atoms with E-state index >= 15 is 0 Å². The zero-order valence-corrected chi connectivity index (χ0v) is 9.56. The average molecular weight is 218 g/mol. The van der Waals surface area contributed by atoms with Gasteiger partial charge in [-0.05, 0) is 24.0 Å². The lowest BCUT2D eigenvalue weighted by molar-refractivity contribution is 0.795. The number of unbranched alkanes of at least 4 members (excludes halogenated alkanes) is 1. The molecule has 0 saturated heterocycles. The van der Waals surface area contributed by atoms with Crippen molar-refractivity contribution >= 4 is 12.2 Å². The second-order valence-corrected chi connectivity index (χ2v) is 3.61. The van der Waals surface area contributed by atoms with Crippen LogP contribution in [0, 0.1) is 0 Å². The van der Waals surface area contributed by atoms with Gasteiger partial charge in [-0.3, -0.25) is 0 Å². The molecule has 0 aliphatic rings. The summed E-state index contributed by atoms with van der Waals surface area (Å²) in [5.74, 6) is -0.0317. The summed E-state index contributed by atoms with van der Waals surface area (Å²) in [5.41, 5.74) is 12.6. The van der Waals surface area contributed by atoms with Crippen molar-refractivity contribution in [3.05, 3.63) is 35.4 Å². The number of rotatable bonds is 5. The van der Waals surface area contributed by atoms with Crippen molar-refractivity contribution in [1.29, 1.82) is 0 Å². The molecule has 0 bridgehead atoms. The van der Waals surface area contributed by atoms with E-state index in [0.29, 0.717) is 0 Å². The number of nitrogens with two attached hydrogens (primary N) is 2. The van der Waals surface area contributed by atoms with Gasteiger partial charge < -0.3 is 11.5 Å². The van der Waals surface area contributed by atoms with Crippen LogP contribution in [-0.2, 0) is 6.42 Å². The van der Waals surface area contributed by atoms with E-state index in [4.69, 9.17) is 11.5 Å². The molecule has 1 aromatic carbocycles. The zero-order chi connectivity index (χ0) is 11.8. The Bertz CT molecular complexity index is 361. The standard InChI is InChI=1S/C12H18N4/c1-2-3-4-10-5-7-11(8-6-10)9-15-16-12(13)14/h5-9H,2-4H2,1H3,(H4,13,14,16)/b15-9+. The van der Waals surface area contributed by atoms with Crippen molar-refractivity contribution in [3.63, 3.8) is 0 Å². The van der Waals surface area contributed by atoms with Crippen LogP contribution < -0.4 is 11.5 Å². The molecule has 0 amide bonds. The molecule has 0 unspecified atom stereocenters. The van der Waals surface area contributed by atoms with E-state index in [1.165, 1.54) is 18.4 Å². The number of aryl methyl sites for hydroxylation is 1. The van der Waals surface area contributed by atoms with Gasteiger partial charge in [0.2, 0.25) is 5.96 Å². The van der Waals surface area contributed by atoms with Gasteiger partial charge in [0.15, 0.2) is 0 Å². The summed E-state index contributed by atoms with van der Waals surface area (Å²) in [6.45, 7) is 2.19. The Morgan fingerprint density at radius 2 is 1.94 bits per heavy atom. The Labute approximate surface area is 96.1 Å². The van der Waals surface area contributed by atoms with Gasteiger partial charge in [0.05, 0.1) is 6.21 Å². The van der Waals surface area contributed by atoms with Crippen LogP contribution in [0.25, 0.3) is 0 Å². The SMILES string of the molecule is CCCCc1ccc(/C=N/N=C(N)N)cc1. The van der Waals surface area contributed by atoms with Gasteiger partial charge in [-0.25, -0.2) is 0 Å². The molecular weight excluding hydrogens is 200 g/mol. The van der Waals surface area contributed by atoms with Gasteiger partial charge in [0.25, 0.3) is 0 Å². The summed E-state index contributed by atoms with van der Waals surface area (Å²) in [5, 5.41) is 7.28. The van der Waals surface area contributed by atoms with Gasteiger partial charge in [-0.2, -0.15) is 5.10 Å². The highest BCUT2D eigenvalue weighted by Gasteiger charge is 1.92. The largest absolute Gasteiger partial charge is 0.369 e. The molecule has 0 heterocycles. The third kappa shape index (κ3) is 4.59. The van der Waals surface area contributed by atoms with Gasteiger partial charge in [-0.1, -0.05) is 37.6 Å². The van der Waals surface area contributed by atoms with Gasteiger partial charge in [0, 0.05) is 0 Å². The van der Waals surface area contributed by atoms with Crippen LogP contribution in [0.2, 0.25) is 0 Å². The third-order valence-corrected chi connectivity index (χ3v) is 2.18. The van der Waals surface area contributed by atoms with Crippen LogP contribution >= 0.6 is 0 Å². The number of hydrogen-bond donors (Lipinski definition) is 2. The summed E-state index contributed by atoms with van der Waals surface area (Å²) in [6.07, 6.45) is 5.19. The number of benzene rings is 1. The van der Waals surface area contributed by atoms with Crippen LogP contribution in [0.5, 0.6) is 0 Å². The van der Waals surface area contributed by atoms with Crippen molar-refractivity contribution in [1.82, 2.24) is 0 Å². The minimum absolute atomic E-state index is 0.0317. The lowest BCUT2D eigenvalue weighted by atomic mass is 10.1. The molecule has 0 aliphatic carbocycles. The molecule has 1 aromatic rings. The molecule has 1 rings (SSSR count). The third-order valence-electron chi connectivity index (χ3n) is 2.18. The Kier molecular flexibility index (Phi) is 5.05. The quantitative estimate of drug-likeness (QED) is 0.447. The maximum Gasteiger partial charge on any atom is 0.211 e. The second-order valence-electron chi connectivity index (χ2n) is 3.61. The number of hydrogen-bond acceptors (Lipinski definition) is 2. The molecule has 0 aromatic heterocycles. The average Bonchev–Trinajstić information content (AvgIpc) is 2.27. The minimum atomic E-state index is -0.0317. The van der Waals surface area contributed by atoms with Crippen LogP contribution in [0.15, 0.2) is 34.5 Å². The Hall–Kier alpha value is -1.84. The first-order chi connectivity index (χ1) is 7.72. The van der Waals surface area contributed by atoms with E-state index in [1.54, 1.807) is 6.21 Å². The summed E-state index contributed by atoms with van der Waals surface area (Å²) < 4.78 is 0. The molecule has 0 fully saturated rings. The van der Waals surface area contributed by atoms with E-state index in [2.05, 4.69) is 29.3 Å². The molecule has 4 nitrogen and oxygen atoms in total. The lowest BCUT2D eigenvalue weighted by Gasteiger charge is -1.99. The fraction of sp³-hybridized carbons (Fsp3) is 0.333. The molecule has 4 heteroatoms. The van der Waals surface area contributed by atoms with Crippen molar-refractivity contribution < 1.29 is 0 Å². The summed E-state index contributed by atoms with van der Waals surface area (Å²) in [7, 11) is 0. The summed E-state index contributed by atoms with van der Waals surface area (Å²) in [6, 6.07) is 8.23. The molecule has 86 valence electrons. The number of guanidine groups is 1. The molecule has 0 aliphatic heterocycles. The van der Waals surface area contributed by atoms with Crippen LogP contribution in [0.3, 0.4) is 0 Å². The van der Waals surface area contributed by atoms with Gasteiger partial charge >= 0.3 is 0 Å². The smallest absolute Gasteiger partial charge is 0.211 e. The van der Waals surface area contributed by atoms with Crippen LogP contribution in [-0.4, -0.2) is 12.2 Å². The summed E-state index contributed by atoms with van der Waals surface area (Å²) in [4.78, 5) is 0. The Morgan fingerprint density at radius 3 is 2.50 bits per heavy atom. The van der Waals surface area contributed by atoms with E-state index < -0.39 is 0 Å². The first kappa shape index (κ1) is 12.2. The monoisotopic (exact) mass is 218 g/mol. The van der Waals surface area contributed by atoms with Crippen LogP contribution in [0.1, 0.15) is 30.9 Å². The molecule has 16 heavy (non-hydrogen) atoms. The molecule has 0 atom stereocenters. The second kappa shape index (κ2) is 6.61. The highest BCUT2D eigenvalue weighted by Crippen LogP contribution is 2.06. The summed E-state index contributed by atoms with van der Waals surface area (Å²) >= 11 is 0.